The van der Waals surface area contributed by atoms with Crippen LogP contribution in [0.15, 0.2) is 36.7 Å². The van der Waals surface area contributed by atoms with Gasteiger partial charge in [-0.05, 0) is 42.0 Å². The van der Waals surface area contributed by atoms with Gasteiger partial charge in [-0.1, -0.05) is 6.07 Å². The van der Waals surface area contributed by atoms with Crippen molar-refractivity contribution in [2.24, 2.45) is 0 Å². The summed E-state index contributed by atoms with van der Waals surface area (Å²) in [6.07, 6.45) is 3.47. The van der Waals surface area contributed by atoms with Gasteiger partial charge in [0.05, 0.1) is 18.6 Å². The largest absolute Gasteiger partial charge is 0.504 e. The first-order chi connectivity index (χ1) is 13.0. The van der Waals surface area contributed by atoms with Crippen molar-refractivity contribution in [2.45, 2.75) is 13.3 Å². The number of phenols is 2. The molecule has 3 rings (SSSR count). The van der Waals surface area contributed by atoms with Crippen LogP contribution in [0.2, 0.25) is 0 Å². The summed E-state index contributed by atoms with van der Waals surface area (Å²) in [6, 6.07) is 6.31. The molecule has 8 heteroatoms. The Morgan fingerprint density at radius 2 is 1.89 bits per heavy atom. The first kappa shape index (κ1) is 18.2. The number of nitro benzene ring substituents is 1. The molecular weight excluding hydrogens is 352 g/mol. The van der Waals surface area contributed by atoms with E-state index in [1.807, 2.05) is 13.0 Å². The summed E-state index contributed by atoms with van der Waals surface area (Å²) in [5.41, 5.74) is 0.894. The minimum absolute atomic E-state index is 0.00188. The zero-order chi connectivity index (χ0) is 19.6. The lowest BCUT2D eigenvalue weighted by Gasteiger charge is -2.12. The molecule has 0 saturated heterocycles. The summed E-state index contributed by atoms with van der Waals surface area (Å²) >= 11 is 0. The highest BCUT2D eigenvalue weighted by molar-refractivity contribution is 5.92. The maximum atomic E-state index is 11.2. The van der Waals surface area contributed by atoms with Crippen molar-refractivity contribution >= 4 is 16.5 Å². The van der Waals surface area contributed by atoms with Crippen molar-refractivity contribution in [3.8, 4) is 23.0 Å². The minimum Gasteiger partial charge on any atom is -0.504 e. The van der Waals surface area contributed by atoms with Crippen LogP contribution in [0.4, 0.5) is 5.69 Å². The number of nitro groups is 1. The number of benzene rings is 2. The topological polar surface area (TPSA) is 115 Å². The van der Waals surface area contributed by atoms with Crippen LogP contribution in [0.25, 0.3) is 10.8 Å². The van der Waals surface area contributed by atoms with Gasteiger partial charge in [-0.2, -0.15) is 0 Å². The van der Waals surface area contributed by atoms with E-state index in [2.05, 4.69) is 4.98 Å². The molecule has 0 aliphatic carbocycles. The maximum absolute atomic E-state index is 11.2. The van der Waals surface area contributed by atoms with Crippen LogP contribution in [-0.4, -0.2) is 33.8 Å². The Hall–Kier alpha value is -3.55. The summed E-state index contributed by atoms with van der Waals surface area (Å²) in [6.45, 7) is 2.24. The van der Waals surface area contributed by atoms with Gasteiger partial charge >= 0.3 is 5.69 Å². The number of nitrogens with zero attached hydrogens (tertiary/aromatic N) is 2. The Morgan fingerprint density at radius 3 is 2.56 bits per heavy atom. The molecule has 0 aliphatic rings. The van der Waals surface area contributed by atoms with E-state index >= 15 is 0 Å². The Morgan fingerprint density at radius 1 is 1.11 bits per heavy atom. The van der Waals surface area contributed by atoms with Gasteiger partial charge in [0.25, 0.3) is 0 Å². The average molecular weight is 370 g/mol. The quantitative estimate of drug-likeness (QED) is 0.503. The van der Waals surface area contributed by atoms with Crippen LogP contribution < -0.4 is 9.47 Å². The predicted octanol–water partition coefficient (Wildman–Crippen LogP) is 3.55. The van der Waals surface area contributed by atoms with Gasteiger partial charge in [0, 0.05) is 23.8 Å². The van der Waals surface area contributed by atoms with Crippen LogP contribution in [0.1, 0.15) is 18.1 Å². The molecule has 1 heterocycles. The number of aromatic nitrogens is 1. The molecule has 0 fully saturated rings. The van der Waals surface area contributed by atoms with E-state index in [9.17, 15) is 20.3 Å². The van der Waals surface area contributed by atoms with E-state index in [1.54, 1.807) is 12.3 Å². The highest BCUT2D eigenvalue weighted by atomic mass is 16.6. The van der Waals surface area contributed by atoms with E-state index in [0.29, 0.717) is 29.7 Å². The van der Waals surface area contributed by atoms with Crippen molar-refractivity contribution < 1.29 is 24.6 Å². The fraction of sp³-hybridized carbons (Fsp3) is 0.211. The fourth-order valence-electron chi connectivity index (χ4n) is 2.95. The monoisotopic (exact) mass is 370 g/mol. The Balaban J connectivity index is 2.08. The van der Waals surface area contributed by atoms with Crippen molar-refractivity contribution in [1.29, 1.82) is 0 Å². The van der Waals surface area contributed by atoms with Gasteiger partial charge < -0.3 is 19.7 Å². The first-order valence-electron chi connectivity index (χ1n) is 8.21. The van der Waals surface area contributed by atoms with Crippen molar-refractivity contribution in [3.05, 3.63) is 57.9 Å². The lowest BCUT2D eigenvalue weighted by molar-refractivity contribution is -0.386. The summed E-state index contributed by atoms with van der Waals surface area (Å²) in [7, 11) is 1.33. The third-order valence-corrected chi connectivity index (χ3v) is 4.19. The number of rotatable bonds is 6. The molecule has 0 spiro atoms. The molecule has 0 aliphatic heterocycles. The van der Waals surface area contributed by atoms with E-state index in [0.717, 1.165) is 10.9 Å². The second-order valence-corrected chi connectivity index (χ2v) is 5.84. The van der Waals surface area contributed by atoms with Crippen molar-refractivity contribution in [2.75, 3.05) is 13.7 Å². The van der Waals surface area contributed by atoms with Gasteiger partial charge in [-0.15, -0.1) is 0 Å². The van der Waals surface area contributed by atoms with Crippen LogP contribution in [-0.2, 0) is 6.42 Å². The summed E-state index contributed by atoms with van der Waals surface area (Å²) in [5.74, 6) is -0.126. The Bertz CT molecular complexity index is 1020. The SMILES string of the molecule is CCOc1ccc2c(Cc3cc(OC)c(O)c([N+](=O)[O-])c3)cncc2c1O. The van der Waals surface area contributed by atoms with Gasteiger partial charge in [0.15, 0.2) is 17.2 Å². The summed E-state index contributed by atoms with van der Waals surface area (Å²) < 4.78 is 10.4. The Labute approximate surface area is 154 Å². The lowest BCUT2D eigenvalue weighted by Crippen LogP contribution is -1.98. The third-order valence-electron chi connectivity index (χ3n) is 4.19. The molecule has 0 bridgehead atoms. The standard InChI is InChI=1S/C19H18N2O6/c1-3-27-16-5-4-13-12(9-20-10-14(13)18(16)22)6-11-7-15(21(24)25)19(23)17(8-11)26-2/h4-5,7-10,22-23H,3,6H2,1-2H3. The maximum Gasteiger partial charge on any atom is 0.314 e. The minimum atomic E-state index is -0.664. The molecule has 0 saturated carbocycles. The van der Waals surface area contributed by atoms with Crippen LogP contribution in [0, 0.1) is 10.1 Å². The number of hydrogen-bond donors (Lipinski definition) is 2. The number of aromatic hydroxyl groups is 2. The van der Waals surface area contributed by atoms with E-state index in [4.69, 9.17) is 9.47 Å². The third kappa shape index (κ3) is 3.41. The molecule has 3 aromatic rings. The van der Waals surface area contributed by atoms with Gasteiger partial charge in [-0.25, -0.2) is 0 Å². The van der Waals surface area contributed by atoms with Crippen LogP contribution in [0.3, 0.4) is 0 Å². The molecule has 0 unspecified atom stereocenters. The number of hydrogen-bond acceptors (Lipinski definition) is 7. The zero-order valence-corrected chi connectivity index (χ0v) is 14.8. The highest BCUT2D eigenvalue weighted by Crippen LogP contribution is 2.39. The molecule has 140 valence electrons. The van der Waals surface area contributed by atoms with Crippen molar-refractivity contribution in [3.63, 3.8) is 0 Å². The van der Waals surface area contributed by atoms with Gasteiger partial charge in [-0.3, -0.25) is 15.1 Å². The van der Waals surface area contributed by atoms with E-state index in [1.165, 1.54) is 25.4 Å². The second-order valence-electron chi connectivity index (χ2n) is 5.84. The number of phenolic OH excluding ortho intramolecular Hbond substituents is 2. The van der Waals surface area contributed by atoms with Crippen molar-refractivity contribution in [1.82, 2.24) is 4.98 Å². The van der Waals surface area contributed by atoms with Crippen LogP contribution >= 0.6 is 0 Å². The molecule has 8 nitrogen and oxygen atoms in total. The zero-order valence-electron chi connectivity index (χ0n) is 14.8. The fourth-order valence-corrected chi connectivity index (χ4v) is 2.95. The highest BCUT2D eigenvalue weighted by Gasteiger charge is 2.20. The number of fused-ring (bicyclic) bond motifs is 1. The number of pyridine rings is 1. The Kier molecular flexibility index (Phi) is 4.98. The number of methoxy groups -OCH3 is 1. The molecular formula is C19H18N2O6. The molecule has 2 N–H and O–H groups in total. The van der Waals surface area contributed by atoms with Gasteiger partial charge in [0.2, 0.25) is 5.75 Å². The van der Waals surface area contributed by atoms with Crippen LogP contribution in [0.5, 0.6) is 23.0 Å². The van der Waals surface area contributed by atoms with E-state index in [-0.39, 0.29) is 11.5 Å². The predicted molar refractivity (Wildman–Crippen MR) is 98.7 cm³/mol. The summed E-state index contributed by atoms with van der Waals surface area (Å²) in [5, 5.41) is 32.8. The molecule has 2 aromatic carbocycles. The normalized spacial score (nSPS) is 10.7. The summed E-state index contributed by atoms with van der Waals surface area (Å²) in [4.78, 5) is 14.7. The lowest BCUT2D eigenvalue weighted by atomic mass is 9.99. The smallest absolute Gasteiger partial charge is 0.314 e. The second kappa shape index (κ2) is 7.36. The molecule has 27 heavy (non-hydrogen) atoms. The number of ether oxygens (including phenoxy) is 2. The van der Waals surface area contributed by atoms with E-state index < -0.39 is 16.4 Å². The molecule has 0 amide bonds. The molecule has 0 radical (unpaired) electrons. The molecule has 1 aromatic heterocycles. The average Bonchev–Trinajstić information content (AvgIpc) is 2.65. The first-order valence-corrected chi connectivity index (χ1v) is 8.21. The molecule has 0 atom stereocenters. The van der Waals surface area contributed by atoms with Gasteiger partial charge in [0.1, 0.15) is 0 Å².